The van der Waals surface area contributed by atoms with Gasteiger partial charge in [0.15, 0.2) is 12.2 Å². The molecule has 0 aromatic heterocycles. The summed E-state index contributed by atoms with van der Waals surface area (Å²) in [7, 11) is 2.10. The molecule has 2 aromatic rings. The van der Waals surface area contributed by atoms with E-state index >= 15 is 0 Å². The largest absolute Gasteiger partial charge is 0.479 e. The van der Waals surface area contributed by atoms with Gasteiger partial charge in [0.05, 0.1) is 17.9 Å². The molecule has 2 atom stereocenters. The summed E-state index contributed by atoms with van der Waals surface area (Å²) in [5.74, 6) is -3.08. The third kappa shape index (κ3) is 6.75. The number of fused-ring (bicyclic) bond motifs is 3. The zero-order chi connectivity index (χ0) is 29.8. The van der Waals surface area contributed by atoms with Crippen molar-refractivity contribution in [3.8, 4) is 0 Å². The number of benzene rings is 2. The average Bonchev–Trinajstić information content (AvgIpc) is 3.15. The molecule has 0 radical (unpaired) electrons. The van der Waals surface area contributed by atoms with Crippen molar-refractivity contribution in [2.75, 3.05) is 44.7 Å². The minimum atomic E-state index is -2.27. The summed E-state index contributed by atoms with van der Waals surface area (Å²) in [6.07, 6.45) is -2.65. The maximum atomic E-state index is 13.4. The minimum Gasteiger partial charge on any atom is -0.479 e. The molecule has 3 aliphatic heterocycles. The van der Waals surface area contributed by atoms with E-state index < -0.39 is 24.1 Å². The van der Waals surface area contributed by atoms with Crippen molar-refractivity contribution < 1.29 is 34.8 Å². The number of aliphatic imine (C=N–C) groups is 2. The fourth-order valence-corrected chi connectivity index (χ4v) is 4.71. The molecule has 14 heteroatoms. The van der Waals surface area contributed by atoms with Crippen molar-refractivity contribution >= 4 is 58.3 Å². The number of carbonyl (C=O) groups is 3. The molecule has 1 amide bonds. The SMILES string of the molecule is CN1CCN(C=C2N=C3CN=C(c4ccccc4Cl)c4cc(Cl)ccc4N3C2=O)CC1.O=C(O)C(O)C(O)C(=O)O. The van der Waals surface area contributed by atoms with Gasteiger partial charge in [-0.25, -0.2) is 14.6 Å². The minimum absolute atomic E-state index is 0.145. The van der Waals surface area contributed by atoms with E-state index in [4.69, 9.17) is 48.6 Å². The molecule has 5 rings (SSSR count). The monoisotopic (exact) mass is 603 g/mol. The van der Waals surface area contributed by atoms with Crippen LogP contribution in [0.2, 0.25) is 10.0 Å². The fourth-order valence-electron chi connectivity index (χ4n) is 4.31. The van der Waals surface area contributed by atoms with Crippen LogP contribution in [0.4, 0.5) is 5.69 Å². The molecule has 1 fully saturated rings. The van der Waals surface area contributed by atoms with Crippen LogP contribution in [0, 0.1) is 0 Å². The number of aliphatic hydroxyl groups excluding tert-OH is 2. The van der Waals surface area contributed by atoms with Gasteiger partial charge in [0, 0.05) is 53.6 Å². The highest BCUT2D eigenvalue weighted by Gasteiger charge is 2.36. The highest BCUT2D eigenvalue weighted by atomic mass is 35.5. The van der Waals surface area contributed by atoms with Crippen LogP contribution in [0.3, 0.4) is 0 Å². The van der Waals surface area contributed by atoms with Gasteiger partial charge in [-0.3, -0.25) is 14.7 Å². The molecular formula is C27H27Cl2N5O7. The van der Waals surface area contributed by atoms with E-state index in [1.54, 1.807) is 11.0 Å². The van der Waals surface area contributed by atoms with E-state index in [1.807, 2.05) is 42.6 Å². The van der Waals surface area contributed by atoms with Crippen LogP contribution in [0.25, 0.3) is 0 Å². The molecule has 2 unspecified atom stereocenters. The summed E-state index contributed by atoms with van der Waals surface area (Å²) in [6, 6.07) is 13.0. The zero-order valence-corrected chi connectivity index (χ0v) is 23.3. The number of aliphatic carboxylic acids is 2. The number of carbonyl (C=O) groups excluding carboxylic acids is 1. The Morgan fingerprint density at radius 1 is 0.951 bits per heavy atom. The molecule has 2 aromatic carbocycles. The highest BCUT2D eigenvalue weighted by molar-refractivity contribution is 6.38. The maximum Gasteiger partial charge on any atom is 0.335 e. The summed E-state index contributed by atoms with van der Waals surface area (Å²) in [4.78, 5) is 48.5. The molecule has 3 aliphatic rings. The van der Waals surface area contributed by atoms with Crippen LogP contribution in [0.15, 0.2) is 64.3 Å². The quantitative estimate of drug-likeness (QED) is 0.371. The summed E-state index contributed by atoms with van der Waals surface area (Å²) in [5, 5.41) is 33.7. The van der Waals surface area contributed by atoms with Gasteiger partial charge in [-0.15, -0.1) is 0 Å². The number of likely N-dealkylation sites (N-methyl/N-ethyl adjacent to an activating group) is 1. The summed E-state index contributed by atoms with van der Waals surface area (Å²) in [6.45, 7) is 3.95. The van der Waals surface area contributed by atoms with Gasteiger partial charge in [-0.05, 0) is 31.3 Å². The van der Waals surface area contributed by atoms with Crippen LogP contribution < -0.4 is 4.90 Å². The van der Waals surface area contributed by atoms with E-state index in [-0.39, 0.29) is 12.5 Å². The lowest BCUT2D eigenvalue weighted by Crippen LogP contribution is -2.42. The first-order valence-electron chi connectivity index (χ1n) is 12.5. The number of aliphatic hydroxyl groups is 2. The smallest absolute Gasteiger partial charge is 0.335 e. The molecule has 41 heavy (non-hydrogen) atoms. The van der Waals surface area contributed by atoms with Gasteiger partial charge < -0.3 is 30.2 Å². The normalized spacial score (nSPS) is 19.2. The van der Waals surface area contributed by atoms with Crippen molar-refractivity contribution in [3.05, 3.63) is 75.5 Å². The van der Waals surface area contributed by atoms with Crippen molar-refractivity contribution in [3.63, 3.8) is 0 Å². The Balaban J connectivity index is 0.000000334. The lowest BCUT2D eigenvalue weighted by Gasteiger charge is -2.31. The number of piperazine rings is 1. The van der Waals surface area contributed by atoms with Gasteiger partial charge in [0.1, 0.15) is 11.5 Å². The predicted molar refractivity (Wildman–Crippen MR) is 153 cm³/mol. The maximum absolute atomic E-state index is 13.4. The Kier molecular flexibility index (Phi) is 9.41. The topological polar surface area (TPSA) is 167 Å². The number of nitrogens with zero attached hydrogens (tertiary/aromatic N) is 5. The van der Waals surface area contributed by atoms with Crippen LogP contribution in [-0.2, 0) is 14.4 Å². The van der Waals surface area contributed by atoms with Gasteiger partial charge in [0.25, 0.3) is 5.91 Å². The number of amides is 1. The van der Waals surface area contributed by atoms with E-state index in [1.165, 1.54) is 0 Å². The number of hydrogen-bond donors (Lipinski definition) is 4. The zero-order valence-electron chi connectivity index (χ0n) is 21.8. The average molecular weight is 604 g/mol. The molecule has 12 nitrogen and oxygen atoms in total. The van der Waals surface area contributed by atoms with Gasteiger partial charge >= 0.3 is 11.9 Å². The van der Waals surface area contributed by atoms with E-state index in [2.05, 4.69) is 21.8 Å². The molecule has 3 heterocycles. The van der Waals surface area contributed by atoms with E-state index in [0.717, 1.165) is 37.3 Å². The molecule has 0 saturated carbocycles. The molecule has 0 aliphatic carbocycles. The van der Waals surface area contributed by atoms with E-state index in [0.29, 0.717) is 33.0 Å². The number of carboxylic acids is 2. The molecule has 4 N–H and O–H groups in total. The lowest BCUT2D eigenvalue weighted by molar-refractivity contribution is -0.165. The van der Waals surface area contributed by atoms with Crippen LogP contribution in [-0.4, -0.2) is 112 Å². The Hall–Kier alpha value is -3.81. The lowest BCUT2D eigenvalue weighted by atomic mass is 10.00. The van der Waals surface area contributed by atoms with Gasteiger partial charge in [-0.2, -0.15) is 0 Å². The Morgan fingerprint density at radius 2 is 1.59 bits per heavy atom. The van der Waals surface area contributed by atoms with Gasteiger partial charge in [0.2, 0.25) is 0 Å². The number of hydrogen-bond acceptors (Lipinski definition) is 9. The Morgan fingerprint density at radius 3 is 2.20 bits per heavy atom. The number of rotatable bonds is 5. The highest BCUT2D eigenvalue weighted by Crippen LogP contribution is 2.34. The second kappa shape index (κ2) is 12.8. The first-order chi connectivity index (χ1) is 19.5. The molecular weight excluding hydrogens is 577 g/mol. The van der Waals surface area contributed by atoms with Gasteiger partial charge in [-0.1, -0.05) is 41.4 Å². The Labute approximate surface area is 245 Å². The third-order valence-electron chi connectivity index (χ3n) is 6.54. The summed E-state index contributed by atoms with van der Waals surface area (Å²) < 4.78 is 0. The van der Waals surface area contributed by atoms with Crippen LogP contribution >= 0.6 is 23.2 Å². The first kappa shape index (κ1) is 30.2. The second-order valence-electron chi connectivity index (χ2n) is 9.39. The van der Waals surface area contributed by atoms with Crippen molar-refractivity contribution in [2.45, 2.75) is 12.2 Å². The van der Waals surface area contributed by atoms with E-state index in [9.17, 15) is 14.4 Å². The molecule has 0 bridgehead atoms. The number of anilines is 1. The number of amidine groups is 1. The molecule has 1 saturated heterocycles. The summed E-state index contributed by atoms with van der Waals surface area (Å²) >= 11 is 12.8. The number of halogens is 2. The second-order valence-corrected chi connectivity index (χ2v) is 10.2. The standard InChI is InChI=1S/C23H21Cl2N5O.C4H6O6/c1-28-8-10-29(11-9-28)14-19-23(31)30-20-7-6-15(24)12-17(20)22(26-13-21(30)27-19)16-4-2-3-5-18(16)25;5-1(3(7)8)2(6)4(9)10/h2-7,12,14H,8-11,13H2,1H3;1-2,5-6H,(H,7,8)(H,9,10). The van der Waals surface area contributed by atoms with Crippen LogP contribution in [0.1, 0.15) is 11.1 Å². The molecule has 0 spiro atoms. The summed E-state index contributed by atoms with van der Waals surface area (Å²) in [5.41, 5.74) is 3.43. The van der Waals surface area contributed by atoms with Crippen molar-refractivity contribution in [2.24, 2.45) is 9.98 Å². The predicted octanol–water partition coefficient (Wildman–Crippen LogP) is 1.56. The fraction of sp³-hybridized carbons (Fsp3) is 0.296. The number of carboxylic acid groups (broad SMARTS) is 2. The van der Waals surface area contributed by atoms with Crippen LogP contribution in [0.5, 0.6) is 0 Å². The van der Waals surface area contributed by atoms with Crippen molar-refractivity contribution in [1.29, 1.82) is 0 Å². The molecule has 216 valence electrons. The van der Waals surface area contributed by atoms with Crippen molar-refractivity contribution in [1.82, 2.24) is 9.80 Å². The Bertz CT molecular complexity index is 1440. The first-order valence-corrected chi connectivity index (χ1v) is 13.2. The third-order valence-corrected chi connectivity index (χ3v) is 7.10.